The molecule has 58 valence electrons. The summed E-state index contributed by atoms with van der Waals surface area (Å²) in [5.74, 6) is 0. The van der Waals surface area contributed by atoms with Gasteiger partial charge in [-0.3, -0.25) is 0 Å². The zero-order valence-corrected chi connectivity index (χ0v) is 8.43. The summed E-state index contributed by atoms with van der Waals surface area (Å²) in [6.45, 7) is 0.164. The maximum atomic E-state index is 8.48. The molecular formula is C9H10OTe. The van der Waals surface area contributed by atoms with E-state index in [1.54, 1.807) is 0 Å². The van der Waals surface area contributed by atoms with E-state index in [2.05, 4.69) is 16.3 Å². The first-order valence-corrected chi connectivity index (χ1v) is 5.92. The fourth-order valence-electron chi connectivity index (χ4n) is 0.669. The van der Waals surface area contributed by atoms with Gasteiger partial charge in [-0.2, -0.15) is 0 Å². The molecule has 1 rings (SSSR count). The number of rotatable bonds is 3. The Hall–Kier alpha value is -0.290. The van der Waals surface area contributed by atoms with E-state index in [4.69, 9.17) is 5.11 Å². The normalized spacial score (nSPS) is 10.6. The average Bonchev–Trinajstić information content (AvgIpc) is 2.07. The molecule has 0 radical (unpaired) electrons. The molecule has 1 nitrogen and oxygen atoms in total. The third-order valence-corrected chi connectivity index (χ3v) is 3.64. The molecule has 0 atom stereocenters. The van der Waals surface area contributed by atoms with Gasteiger partial charge in [-0.15, -0.1) is 0 Å². The standard InChI is InChI=1S/C9H10OTe/c10-7-4-8-11-9-5-2-1-3-6-9/h1-6,8,10H,7H2/b8-4+. The molecule has 1 aromatic rings. The van der Waals surface area contributed by atoms with E-state index >= 15 is 0 Å². The van der Waals surface area contributed by atoms with Crippen LogP contribution in [-0.4, -0.2) is 32.6 Å². The van der Waals surface area contributed by atoms with Gasteiger partial charge in [0.1, 0.15) is 0 Å². The Morgan fingerprint density at radius 2 is 2.00 bits per heavy atom. The molecule has 0 saturated heterocycles. The average molecular weight is 262 g/mol. The van der Waals surface area contributed by atoms with Crippen molar-refractivity contribution in [2.45, 2.75) is 0 Å². The second-order valence-corrected chi connectivity index (χ2v) is 4.78. The van der Waals surface area contributed by atoms with Crippen molar-refractivity contribution in [3.8, 4) is 0 Å². The summed E-state index contributed by atoms with van der Waals surface area (Å²) in [5.41, 5.74) is 0. The Morgan fingerprint density at radius 1 is 1.27 bits per heavy atom. The van der Waals surface area contributed by atoms with Gasteiger partial charge in [0.25, 0.3) is 0 Å². The Balaban J connectivity index is 2.45. The van der Waals surface area contributed by atoms with E-state index in [9.17, 15) is 0 Å². The van der Waals surface area contributed by atoms with Gasteiger partial charge in [-0.1, -0.05) is 0 Å². The molecule has 0 aliphatic carbocycles. The van der Waals surface area contributed by atoms with Gasteiger partial charge in [0.05, 0.1) is 0 Å². The van der Waals surface area contributed by atoms with Crippen LogP contribution in [0.15, 0.2) is 40.5 Å². The van der Waals surface area contributed by atoms with E-state index < -0.39 is 0 Å². The zero-order valence-electron chi connectivity index (χ0n) is 6.10. The summed E-state index contributed by atoms with van der Waals surface area (Å²) in [6.07, 6.45) is 1.81. The van der Waals surface area contributed by atoms with Crippen LogP contribution in [0.3, 0.4) is 0 Å². The third kappa shape index (κ3) is 3.57. The van der Waals surface area contributed by atoms with Crippen molar-refractivity contribution < 1.29 is 5.11 Å². The Kier molecular flexibility index (Phi) is 4.30. The van der Waals surface area contributed by atoms with Crippen molar-refractivity contribution in [1.29, 1.82) is 0 Å². The molecule has 0 amide bonds. The van der Waals surface area contributed by atoms with Crippen LogP contribution in [0, 0.1) is 0 Å². The number of benzene rings is 1. The number of hydrogen-bond acceptors (Lipinski definition) is 1. The SMILES string of the molecule is OC/C=C/[Te]c1ccccc1. The topological polar surface area (TPSA) is 20.2 Å². The summed E-state index contributed by atoms with van der Waals surface area (Å²) in [4.78, 5) is 0. The van der Waals surface area contributed by atoms with Crippen LogP contribution in [0.1, 0.15) is 0 Å². The number of aliphatic hydroxyl groups excluding tert-OH is 1. The van der Waals surface area contributed by atoms with E-state index in [0.717, 1.165) is 0 Å². The van der Waals surface area contributed by atoms with Crippen LogP contribution < -0.4 is 3.61 Å². The summed E-state index contributed by atoms with van der Waals surface area (Å²) >= 11 is -0.188. The van der Waals surface area contributed by atoms with Crippen molar-refractivity contribution in [2.75, 3.05) is 6.61 Å². The minimum absolute atomic E-state index is 0.164. The van der Waals surface area contributed by atoms with E-state index in [1.807, 2.05) is 24.3 Å². The van der Waals surface area contributed by atoms with Gasteiger partial charge in [-0.25, -0.2) is 0 Å². The van der Waals surface area contributed by atoms with Crippen molar-refractivity contribution in [3.63, 3.8) is 0 Å². The molecular weight excluding hydrogens is 252 g/mol. The van der Waals surface area contributed by atoms with Crippen LogP contribution in [-0.2, 0) is 0 Å². The summed E-state index contributed by atoms with van der Waals surface area (Å²) in [5, 5.41) is 8.48. The molecule has 1 aromatic carbocycles. The molecule has 0 heterocycles. The minimum atomic E-state index is -0.188. The number of hydrogen-bond donors (Lipinski definition) is 1. The second kappa shape index (κ2) is 5.37. The van der Waals surface area contributed by atoms with Gasteiger partial charge < -0.3 is 0 Å². The fraction of sp³-hybridized carbons (Fsp3) is 0.111. The molecule has 0 unspecified atom stereocenters. The van der Waals surface area contributed by atoms with E-state index in [0.29, 0.717) is 0 Å². The predicted molar refractivity (Wildman–Crippen MR) is 48.1 cm³/mol. The molecule has 1 N–H and O–H groups in total. The van der Waals surface area contributed by atoms with Gasteiger partial charge >= 0.3 is 76.8 Å². The summed E-state index contributed by atoms with van der Waals surface area (Å²) in [7, 11) is 0. The summed E-state index contributed by atoms with van der Waals surface area (Å²) in [6, 6.07) is 10.4. The predicted octanol–water partition coefficient (Wildman–Crippen LogP) is 0.522. The first kappa shape index (κ1) is 8.80. The monoisotopic (exact) mass is 264 g/mol. The molecule has 0 bridgehead atoms. The summed E-state index contributed by atoms with van der Waals surface area (Å²) < 4.78 is 3.50. The molecule has 0 spiro atoms. The van der Waals surface area contributed by atoms with Crippen molar-refractivity contribution >= 4 is 24.5 Å². The molecule has 0 aliphatic rings. The first-order valence-electron chi connectivity index (χ1n) is 3.41. The van der Waals surface area contributed by atoms with Gasteiger partial charge in [0.15, 0.2) is 0 Å². The van der Waals surface area contributed by atoms with Gasteiger partial charge in [-0.05, 0) is 0 Å². The Labute approximate surface area is 76.8 Å². The van der Waals surface area contributed by atoms with Crippen LogP contribution in [0.2, 0.25) is 0 Å². The quantitative estimate of drug-likeness (QED) is 0.787. The van der Waals surface area contributed by atoms with Crippen molar-refractivity contribution in [2.24, 2.45) is 0 Å². The van der Waals surface area contributed by atoms with Crippen LogP contribution in [0.4, 0.5) is 0 Å². The second-order valence-electron chi connectivity index (χ2n) is 1.99. The van der Waals surface area contributed by atoms with E-state index in [1.165, 1.54) is 3.61 Å². The van der Waals surface area contributed by atoms with Gasteiger partial charge in [0.2, 0.25) is 0 Å². The third-order valence-electron chi connectivity index (χ3n) is 1.15. The van der Waals surface area contributed by atoms with E-state index in [-0.39, 0.29) is 27.5 Å². The van der Waals surface area contributed by atoms with Crippen molar-refractivity contribution in [3.05, 3.63) is 40.5 Å². The molecule has 0 fully saturated rings. The molecule has 0 aromatic heterocycles. The van der Waals surface area contributed by atoms with Crippen LogP contribution >= 0.6 is 0 Å². The van der Waals surface area contributed by atoms with Crippen LogP contribution in [0.25, 0.3) is 0 Å². The Morgan fingerprint density at radius 3 is 2.64 bits per heavy atom. The van der Waals surface area contributed by atoms with Crippen molar-refractivity contribution in [1.82, 2.24) is 0 Å². The molecule has 11 heavy (non-hydrogen) atoms. The maximum absolute atomic E-state index is 8.48. The zero-order chi connectivity index (χ0) is 7.94. The first-order chi connectivity index (χ1) is 5.43. The Bertz CT molecular complexity index is 218. The van der Waals surface area contributed by atoms with Crippen LogP contribution in [0.5, 0.6) is 0 Å². The molecule has 0 aliphatic heterocycles. The van der Waals surface area contributed by atoms with Gasteiger partial charge in [0, 0.05) is 0 Å². The molecule has 2 heteroatoms. The fourth-order valence-corrected chi connectivity index (χ4v) is 2.53. The number of aliphatic hydroxyl groups is 1. The molecule has 0 saturated carbocycles.